The number of carbonyl (C=O) groups excluding carboxylic acids is 2. The Balaban J connectivity index is 1.55. The molecule has 1 aliphatic heterocycles. The first-order valence-electron chi connectivity index (χ1n) is 10.3. The molecule has 0 bridgehead atoms. The van der Waals surface area contributed by atoms with Crippen LogP contribution in [0.4, 0.5) is 11.4 Å². The Morgan fingerprint density at radius 1 is 0.966 bits per heavy atom. The molecule has 5 nitrogen and oxygen atoms in total. The summed E-state index contributed by atoms with van der Waals surface area (Å²) >= 11 is 0. The Hall–Kier alpha value is -2.82. The van der Waals surface area contributed by atoms with Crippen molar-refractivity contribution in [3.8, 4) is 0 Å². The number of amides is 2. The van der Waals surface area contributed by atoms with Crippen molar-refractivity contribution in [2.75, 3.05) is 23.3 Å². The van der Waals surface area contributed by atoms with E-state index in [9.17, 15) is 9.59 Å². The van der Waals surface area contributed by atoms with Crippen LogP contribution in [0.5, 0.6) is 0 Å². The summed E-state index contributed by atoms with van der Waals surface area (Å²) in [6.07, 6.45) is 2.43. The predicted molar refractivity (Wildman–Crippen MR) is 118 cm³/mol. The summed E-state index contributed by atoms with van der Waals surface area (Å²) in [6.45, 7) is 8.13. The van der Waals surface area contributed by atoms with Crippen molar-refractivity contribution < 1.29 is 9.59 Å². The minimum atomic E-state index is -1.17. The van der Waals surface area contributed by atoms with Gasteiger partial charge in [-0.15, -0.1) is 0 Å². The molecule has 1 fully saturated rings. The molecule has 2 aromatic carbocycles. The fourth-order valence-corrected chi connectivity index (χ4v) is 3.41. The Morgan fingerprint density at radius 3 is 2.21 bits per heavy atom. The lowest BCUT2D eigenvalue weighted by molar-refractivity contribution is -0.138. The zero-order valence-electron chi connectivity index (χ0n) is 17.6. The van der Waals surface area contributed by atoms with E-state index in [-0.39, 0.29) is 11.8 Å². The largest absolute Gasteiger partial charge is 0.372 e. The second-order valence-electron chi connectivity index (χ2n) is 8.46. The quantitative estimate of drug-likeness (QED) is 0.723. The van der Waals surface area contributed by atoms with E-state index in [1.54, 1.807) is 13.8 Å². The lowest BCUT2D eigenvalue weighted by Crippen LogP contribution is -2.44. The molecule has 0 unspecified atom stereocenters. The topological polar surface area (TPSA) is 61.4 Å². The van der Waals surface area contributed by atoms with Gasteiger partial charge in [0.2, 0.25) is 11.8 Å². The van der Waals surface area contributed by atoms with E-state index in [2.05, 4.69) is 22.5 Å². The predicted octanol–water partition coefficient (Wildman–Crippen LogP) is 4.20. The summed E-state index contributed by atoms with van der Waals surface area (Å²) in [4.78, 5) is 27.7. The Kier molecular flexibility index (Phi) is 6.57. The molecule has 5 heteroatoms. The second kappa shape index (κ2) is 9.12. The van der Waals surface area contributed by atoms with Gasteiger partial charge in [-0.25, -0.2) is 0 Å². The highest BCUT2D eigenvalue weighted by Crippen LogP contribution is 2.25. The number of hydrogen-bond acceptors (Lipinski definition) is 3. The maximum Gasteiger partial charge on any atom is 0.239 e. The SMILES string of the molecule is CC1CCN(c2ccc(NC(=O)C(C)(C)C(=O)NCc3ccccc3)cc2)CC1. The van der Waals surface area contributed by atoms with Gasteiger partial charge in [-0.2, -0.15) is 0 Å². The number of piperidine rings is 1. The molecule has 0 aliphatic carbocycles. The van der Waals surface area contributed by atoms with Crippen LogP contribution in [0, 0.1) is 11.3 Å². The molecule has 3 rings (SSSR count). The van der Waals surface area contributed by atoms with Crippen molar-refractivity contribution in [1.29, 1.82) is 0 Å². The third-order valence-electron chi connectivity index (χ3n) is 5.71. The van der Waals surface area contributed by atoms with Crippen LogP contribution >= 0.6 is 0 Å². The smallest absolute Gasteiger partial charge is 0.239 e. The molecular weight excluding hydrogens is 362 g/mol. The summed E-state index contributed by atoms with van der Waals surface area (Å²) < 4.78 is 0. The average molecular weight is 394 g/mol. The minimum absolute atomic E-state index is 0.294. The van der Waals surface area contributed by atoms with E-state index in [0.717, 1.165) is 24.6 Å². The van der Waals surface area contributed by atoms with Crippen molar-refractivity contribution >= 4 is 23.2 Å². The van der Waals surface area contributed by atoms with E-state index in [1.165, 1.54) is 18.5 Å². The molecular formula is C24H31N3O2. The fraction of sp³-hybridized carbons (Fsp3) is 0.417. The van der Waals surface area contributed by atoms with Gasteiger partial charge in [0.25, 0.3) is 0 Å². The molecule has 0 spiro atoms. The van der Waals surface area contributed by atoms with Gasteiger partial charge in [0, 0.05) is 31.0 Å². The van der Waals surface area contributed by atoms with Crippen LogP contribution in [0.1, 0.15) is 39.2 Å². The highest BCUT2D eigenvalue weighted by Gasteiger charge is 2.36. The normalized spacial score (nSPS) is 15.1. The van der Waals surface area contributed by atoms with Gasteiger partial charge < -0.3 is 15.5 Å². The highest BCUT2D eigenvalue weighted by atomic mass is 16.2. The molecule has 0 atom stereocenters. The number of nitrogens with one attached hydrogen (secondary N) is 2. The van der Waals surface area contributed by atoms with E-state index in [4.69, 9.17) is 0 Å². The van der Waals surface area contributed by atoms with Crippen molar-refractivity contribution in [3.05, 3.63) is 60.2 Å². The van der Waals surface area contributed by atoms with Gasteiger partial charge in [-0.3, -0.25) is 9.59 Å². The van der Waals surface area contributed by atoms with Crippen LogP contribution in [-0.4, -0.2) is 24.9 Å². The fourth-order valence-electron chi connectivity index (χ4n) is 3.41. The molecule has 1 heterocycles. The first kappa shape index (κ1) is 20.9. The van der Waals surface area contributed by atoms with Gasteiger partial charge in [0.05, 0.1) is 0 Å². The number of benzene rings is 2. The highest BCUT2D eigenvalue weighted by molar-refractivity contribution is 6.09. The van der Waals surface area contributed by atoms with E-state index < -0.39 is 5.41 Å². The number of hydrogen-bond donors (Lipinski definition) is 2. The zero-order chi connectivity index (χ0) is 20.9. The zero-order valence-corrected chi connectivity index (χ0v) is 17.6. The molecule has 1 aliphatic rings. The lowest BCUT2D eigenvalue weighted by Gasteiger charge is -2.32. The third kappa shape index (κ3) is 5.37. The second-order valence-corrected chi connectivity index (χ2v) is 8.46. The van der Waals surface area contributed by atoms with Crippen molar-refractivity contribution in [2.24, 2.45) is 11.3 Å². The van der Waals surface area contributed by atoms with Gasteiger partial charge in [0.1, 0.15) is 5.41 Å². The molecule has 1 saturated heterocycles. The van der Waals surface area contributed by atoms with Crippen molar-refractivity contribution in [2.45, 2.75) is 40.2 Å². The van der Waals surface area contributed by atoms with Gasteiger partial charge >= 0.3 is 0 Å². The van der Waals surface area contributed by atoms with Crippen molar-refractivity contribution in [3.63, 3.8) is 0 Å². The van der Waals surface area contributed by atoms with Gasteiger partial charge in [-0.05, 0) is 62.4 Å². The summed E-state index contributed by atoms with van der Waals surface area (Å²) in [6, 6.07) is 17.5. The molecule has 2 amide bonds. The molecule has 0 saturated carbocycles. The lowest BCUT2D eigenvalue weighted by atomic mass is 9.90. The first-order chi connectivity index (χ1) is 13.9. The number of carbonyl (C=O) groups is 2. The van der Waals surface area contributed by atoms with Crippen LogP contribution in [0.3, 0.4) is 0 Å². The third-order valence-corrected chi connectivity index (χ3v) is 5.71. The average Bonchev–Trinajstić information content (AvgIpc) is 2.74. The Labute approximate surface area is 173 Å². The standard InChI is InChI=1S/C24H31N3O2/c1-18-13-15-27(16-14-18)21-11-9-20(10-12-21)26-23(29)24(2,3)22(28)25-17-19-7-5-4-6-8-19/h4-12,18H,13-17H2,1-3H3,(H,25,28)(H,26,29). The van der Waals surface area contributed by atoms with Crippen LogP contribution < -0.4 is 15.5 Å². The van der Waals surface area contributed by atoms with Crippen LogP contribution in [0.25, 0.3) is 0 Å². The monoisotopic (exact) mass is 393 g/mol. The molecule has 2 N–H and O–H groups in total. The van der Waals surface area contributed by atoms with Gasteiger partial charge in [-0.1, -0.05) is 37.3 Å². The maximum absolute atomic E-state index is 12.7. The Bertz CT molecular complexity index is 823. The van der Waals surface area contributed by atoms with Crippen molar-refractivity contribution in [1.82, 2.24) is 5.32 Å². The van der Waals surface area contributed by atoms with E-state index in [1.807, 2.05) is 54.6 Å². The van der Waals surface area contributed by atoms with E-state index >= 15 is 0 Å². The Morgan fingerprint density at radius 2 is 1.59 bits per heavy atom. The summed E-state index contributed by atoms with van der Waals surface area (Å²) in [7, 11) is 0. The number of anilines is 2. The van der Waals surface area contributed by atoms with Crippen LogP contribution in [0.2, 0.25) is 0 Å². The molecule has 154 valence electrons. The summed E-state index contributed by atoms with van der Waals surface area (Å²) in [5, 5.41) is 5.74. The number of nitrogens with zero attached hydrogens (tertiary/aromatic N) is 1. The first-order valence-corrected chi connectivity index (χ1v) is 10.3. The molecule has 29 heavy (non-hydrogen) atoms. The minimum Gasteiger partial charge on any atom is -0.372 e. The number of rotatable bonds is 6. The van der Waals surface area contributed by atoms with E-state index in [0.29, 0.717) is 12.2 Å². The van der Waals surface area contributed by atoms with Crippen LogP contribution in [-0.2, 0) is 16.1 Å². The summed E-state index contributed by atoms with van der Waals surface area (Å²) in [5.41, 5.74) is 1.71. The maximum atomic E-state index is 12.7. The molecule has 2 aromatic rings. The summed E-state index contributed by atoms with van der Waals surface area (Å²) in [5.74, 6) is 0.181. The van der Waals surface area contributed by atoms with Crippen LogP contribution in [0.15, 0.2) is 54.6 Å². The molecule has 0 aromatic heterocycles. The molecule has 0 radical (unpaired) electrons. The van der Waals surface area contributed by atoms with Gasteiger partial charge in [0.15, 0.2) is 0 Å².